The van der Waals surface area contributed by atoms with Gasteiger partial charge < -0.3 is 5.11 Å². The van der Waals surface area contributed by atoms with Crippen molar-refractivity contribution in [3.63, 3.8) is 0 Å². The summed E-state index contributed by atoms with van der Waals surface area (Å²) in [5.41, 5.74) is 1.47. The molecule has 6 heteroatoms. The molecule has 0 bridgehead atoms. The fourth-order valence-corrected chi connectivity index (χ4v) is 2.79. The lowest BCUT2D eigenvalue weighted by atomic mass is 10.2. The summed E-state index contributed by atoms with van der Waals surface area (Å²) in [6.07, 6.45) is 6.46. The van der Waals surface area contributed by atoms with Crippen LogP contribution in [0.15, 0.2) is 71.8 Å². The molecule has 2 aromatic heterocycles. The lowest BCUT2D eigenvalue weighted by Gasteiger charge is -2.11. The van der Waals surface area contributed by atoms with Crippen molar-refractivity contribution in [2.75, 3.05) is 0 Å². The first-order valence-corrected chi connectivity index (χ1v) is 8.22. The predicted octanol–water partition coefficient (Wildman–Crippen LogP) is 3.80. The number of phenolic OH excluding ortho intramolecular Hbond substituents is 1. The average molecular weight is 359 g/mol. The first-order chi connectivity index (χ1) is 13.1. The number of rotatable bonds is 3. The lowest BCUT2D eigenvalue weighted by molar-refractivity contribution is 0.475. The SMILES string of the molecule is O=c1c2cnccc2nc(/C=C/c2ccc(F)cc2)n1-c1cccc(O)c1. The van der Waals surface area contributed by atoms with Gasteiger partial charge in [-0.15, -0.1) is 0 Å². The summed E-state index contributed by atoms with van der Waals surface area (Å²) in [6, 6.07) is 14.0. The lowest BCUT2D eigenvalue weighted by Crippen LogP contribution is -2.22. The Bertz CT molecular complexity index is 1210. The molecular formula is C21H14FN3O2. The molecule has 0 aliphatic rings. The fourth-order valence-electron chi connectivity index (χ4n) is 2.79. The molecule has 0 atom stereocenters. The van der Waals surface area contributed by atoms with Crippen molar-refractivity contribution in [2.45, 2.75) is 0 Å². The highest BCUT2D eigenvalue weighted by molar-refractivity contribution is 5.79. The molecule has 0 aliphatic carbocycles. The average Bonchev–Trinajstić information content (AvgIpc) is 2.68. The molecular weight excluding hydrogens is 345 g/mol. The van der Waals surface area contributed by atoms with Gasteiger partial charge >= 0.3 is 0 Å². The predicted molar refractivity (Wildman–Crippen MR) is 102 cm³/mol. The Morgan fingerprint density at radius 2 is 1.85 bits per heavy atom. The van der Waals surface area contributed by atoms with Crippen molar-refractivity contribution < 1.29 is 9.50 Å². The zero-order valence-corrected chi connectivity index (χ0v) is 14.1. The second kappa shape index (κ2) is 6.84. The third-order valence-electron chi connectivity index (χ3n) is 4.08. The molecule has 0 aliphatic heterocycles. The van der Waals surface area contributed by atoms with Gasteiger partial charge in [-0.05, 0) is 42.0 Å². The summed E-state index contributed by atoms with van der Waals surface area (Å²) in [7, 11) is 0. The molecule has 27 heavy (non-hydrogen) atoms. The van der Waals surface area contributed by atoms with E-state index in [4.69, 9.17) is 0 Å². The van der Waals surface area contributed by atoms with Crippen molar-refractivity contribution in [3.8, 4) is 11.4 Å². The van der Waals surface area contributed by atoms with Crippen LogP contribution in [-0.4, -0.2) is 19.6 Å². The van der Waals surface area contributed by atoms with Crippen molar-refractivity contribution >= 4 is 23.1 Å². The Balaban J connectivity index is 1.93. The normalized spacial score (nSPS) is 11.3. The molecule has 0 saturated carbocycles. The number of phenols is 1. The number of hydrogen-bond acceptors (Lipinski definition) is 4. The van der Waals surface area contributed by atoms with Gasteiger partial charge in [0.25, 0.3) is 5.56 Å². The van der Waals surface area contributed by atoms with E-state index in [1.807, 2.05) is 0 Å². The van der Waals surface area contributed by atoms with Crippen LogP contribution in [0.5, 0.6) is 5.75 Å². The van der Waals surface area contributed by atoms with Gasteiger partial charge in [0.2, 0.25) is 0 Å². The Hall–Kier alpha value is -3.80. The topological polar surface area (TPSA) is 68.0 Å². The second-order valence-corrected chi connectivity index (χ2v) is 5.91. The van der Waals surface area contributed by atoms with E-state index in [0.717, 1.165) is 5.56 Å². The molecule has 2 heterocycles. The van der Waals surface area contributed by atoms with E-state index >= 15 is 0 Å². The Kier molecular flexibility index (Phi) is 4.22. The van der Waals surface area contributed by atoms with Gasteiger partial charge in [0.15, 0.2) is 0 Å². The summed E-state index contributed by atoms with van der Waals surface area (Å²) in [5.74, 6) is 0.105. The highest BCUT2D eigenvalue weighted by Crippen LogP contribution is 2.18. The highest BCUT2D eigenvalue weighted by Gasteiger charge is 2.11. The number of fused-ring (bicyclic) bond motifs is 1. The maximum Gasteiger partial charge on any atom is 0.267 e. The molecule has 0 unspecified atom stereocenters. The summed E-state index contributed by atoms with van der Waals surface area (Å²) < 4.78 is 14.5. The maximum absolute atomic E-state index is 13.1. The number of benzene rings is 2. The minimum absolute atomic E-state index is 0.0409. The minimum Gasteiger partial charge on any atom is -0.508 e. The van der Waals surface area contributed by atoms with Crippen LogP contribution in [0.25, 0.3) is 28.7 Å². The van der Waals surface area contributed by atoms with Crippen molar-refractivity contribution in [1.29, 1.82) is 0 Å². The Labute approximate surface area is 153 Å². The minimum atomic E-state index is -0.319. The molecule has 0 fully saturated rings. The van der Waals surface area contributed by atoms with Crippen molar-refractivity contribution in [3.05, 3.63) is 94.5 Å². The van der Waals surface area contributed by atoms with E-state index in [9.17, 15) is 14.3 Å². The number of nitrogens with zero attached hydrogens (tertiary/aromatic N) is 3. The van der Waals surface area contributed by atoms with E-state index in [1.165, 1.54) is 35.0 Å². The van der Waals surface area contributed by atoms with Crippen LogP contribution >= 0.6 is 0 Å². The van der Waals surface area contributed by atoms with Gasteiger partial charge in [-0.3, -0.25) is 14.3 Å². The summed E-state index contributed by atoms with van der Waals surface area (Å²) in [4.78, 5) is 21.6. The highest BCUT2D eigenvalue weighted by atomic mass is 19.1. The number of pyridine rings is 1. The van der Waals surface area contributed by atoms with E-state index in [2.05, 4.69) is 9.97 Å². The molecule has 0 amide bonds. The van der Waals surface area contributed by atoms with Crippen LogP contribution in [0, 0.1) is 5.82 Å². The molecule has 2 aromatic carbocycles. The molecule has 0 radical (unpaired) electrons. The zero-order valence-electron chi connectivity index (χ0n) is 14.1. The molecule has 5 nitrogen and oxygen atoms in total. The van der Waals surface area contributed by atoms with E-state index in [1.54, 1.807) is 48.7 Å². The number of aromatic hydroxyl groups is 1. The first kappa shape index (κ1) is 16.7. The molecule has 0 spiro atoms. The molecule has 1 N–H and O–H groups in total. The molecule has 4 aromatic rings. The smallest absolute Gasteiger partial charge is 0.267 e. The number of hydrogen-bond donors (Lipinski definition) is 1. The molecule has 0 saturated heterocycles. The molecule has 132 valence electrons. The van der Waals surface area contributed by atoms with Crippen LogP contribution < -0.4 is 5.56 Å². The van der Waals surface area contributed by atoms with Gasteiger partial charge in [-0.1, -0.05) is 24.3 Å². The van der Waals surface area contributed by atoms with E-state index in [0.29, 0.717) is 22.4 Å². The summed E-state index contributed by atoms with van der Waals surface area (Å²) >= 11 is 0. The standard InChI is InChI=1S/C21H14FN3O2/c22-15-7-4-14(5-8-15)6-9-20-24-19-10-11-23-13-18(19)21(27)25(20)16-2-1-3-17(26)12-16/h1-13,26H/b9-6+. The van der Waals surface area contributed by atoms with Gasteiger partial charge in [0, 0.05) is 18.5 Å². The summed E-state index contributed by atoms with van der Waals surface area (Å²) in [5, 5.41) is 10.2. The van der Waals surface area contributed by atoms with Crippen LogP contribution in [0.4, 0.5) is 4.39 Å². The van der Waals surface area contributed by atoms with E-state index in [-0.39, 0.29) is 17.1 Å². The monoisotopic (exact) mass is 359 g/mol. The van der Waals surface area contributed by atoms with Gasteiger partial charge in [0.1, 0.15) is 17.4 Å². The van der Waals surface area contributed by atoms with Crippen molar-refractivity contribution in [1.82, 2.24) is 14.5 Å². The van der Waals surface area contributed by atoms with E-state index < -0.39 is 0 Å². The zero-order chi connectivity index (χ0) is 18.8. The maximum atomic E-state index is 13.1. The van der Waals surface area contributed by atoms with Gasteiger partial charge in [-0.2, -0.15) is 0 Å². The first-order valence-electron chi connectivity index (χ1n) is 8.22. The summed E-state index contributed by atoms with van der Waals surface area (Å²) in [6.45, 7) is 0. The second-order valence-electron chi connectivity index (χ2n) is 5.91. The van der Waals surface area contributed by atoms with Crippen LogP contribution in [-0.2, 0) is 0 Å². The fraction of sp³-hybridized carbons (Fsp3) is 0. The number of halogens is 1. The quantitative estimate of drug-likeness (QED) is 0.604. The Morgan fingerprint density at radius 3 is 2.63 bits per heavy atom. The third-order valence-corrected chi connectivity index (χ3v) is 4.08. The Morgan fingerprint density at radius 1 is 1.04 bits per heavy atom. The number of aromatic nitrogens is 3. The van der Waals surface area contributed by atoms with Crippen LogP contribution in [0.2, 0.25) is 0 Å². The largest absolute Gasteiger partial charge is 0.508 e. The van der Waals surface area contributed by atoms with Gasteiger partial charge in [0.05, 0.1) is 16.6 Å². The third kappa shape index (κ3) is 3.32. The van der Waals surface area contributed by atoms with Crippen LogP contribution in [0.3, 0.4) is 0 Å². The van der Waals surface area contributed by atoms with Gasteiger partial charge in [-0.25, -0.2) is 9.37 Å². The van der Waals surface area contributed by atoms with Crippen molar-refractivity contribution in [2.24, 2.45) is 0 Å². The molecule has 4 rings (SSSR count). The van der Waals surface area contributed by atoms with Crippen LogP contribution in [0.1, 0.15) is 11.4 Å².